The van der Waals surface area contributed by atoms with Gasteiger partial charge in [0.25, 0.3) is 0 Å². The summed E-state index contributed by atoms with van der Waals surface area (Å²) in [6.45, 7) is 6.19. The molecule has 6 heterocycles. The van der Waals surface area contributed by atoms with Crippen molar-refractivity contribution in [2.75, 3.05) is 5.32 Å². The summed E-state index contributed by atoms with van der Waals surface area (Å²) in [6.07, 6.45) is 14.8. The van der Waals surface area contributed by atoms with Crippen LogP contribution in [0, 0.1) is 12.8 Å². The molecular formula is C28H25N9. The molecule has 0 radical (unpaired) electrons. The van der Waals surface area contributed by atoms with Crippen LogP contribution in [-0.4, -0.2) is 39.7 Å². The van der Waals surface area contributed by atoms with Crippen molar-refractivity contribution in [1.82, 2.24) is 39.7 Å². The molecule has 7 rings (SSSR count). The fourth-order valence-electron chi connectivity index (χ4n) is 4.89. The lowest BCUT2D eigenvalue weighted by Gasteiger charge is -2.28. The van der Waals surface area contributed by atoms with E-state index in [1.807, 2.05) is 48.7 Å². The van der Waals surface area contributed by atoms with Crippen molar-refractivity contribution >= 4 is 27.6 Å². The van der Waals surface area contributed by atoms with Crippen LogP contribution < -0.4 is 5.32 Å². The van der Waals surface area contributed by atoms with Gasteiger partial charge in [-0.1, -0.05) is 13.0 Å². The maximum absolute atomic E-state index is 4.67. The molecule has 0 amide bonds. The molecule has 1 aliphatic rings. The second-order valence-electron chi connectivity index (χ2n) is 9.63. The van der Waals surface area contributed by atoms with E-state index in [0.717, 1.165) is 67.3 Å². The summed E-state index contributed by atoms with van der Waals surface area (Å²) in [6, 6.07) is 8.19. The van der Waals surface area contributed by atoms with Gasteiger partial charge in [-0.15, -0.1) is 0 Å². The maximum atomic E-state index is 4.67. The minimum Gasteiger partial charge on any atom is -0.358 e. The molecule has 0 aliphatic heterocycles. The van der Waals surface area contributed by atoms with Crippen molar-refractivity contribution in [2.24, 2.45) is 5.92 Å². The lowest BCUT2D eigenvalue weighted by Crippen LogP contribution is -2.18. The highest BCUT2D eigenvalue weighted by Crippen LogP contribution is 2.34. The molecule has 182 valence electrons. The molecule has 0 bridgehead atoms. The van der Waals surface area contributed by atoms with Crippen LogP contribution in [-0.2, 0) is 0 Å². The number of rotatable bonds is 6. The molecule has 1 saturated carbocycles. The predicted molar refractivity (Wildman–Crippen MR) is 144 cm³/mol. The van der Waals surface area contributed by atoms with E-state index in [1.54, 1.807) is 6.20 Å². The van der Waals surface area contributed by atoms with Gasteiger partial charge < -0.3 is 14.9 Å². The molecule has 0 aromatic carbocycles. The highest BCUT2D eigenvalue weighted by Gasteiger charge is 2.21. The summed E-state index contributed by atoms with van der Waals surface area (Å²) in [7, 11) is 0. The molecule has 6 aromatic rings. The zero-order valence-corrected chi connectivity index (χ0v) is 20.4. The van der Waals surface area contributed by atoms with Crippen LogP contribution in [0.4, 0.5) is 5.69 Å². The quantitative estimate of drug-likeness (QED) is 0.274. The first-order chi connectivity index (χ1) is 18.1. The highest BCUT2D eigenvalue weighted by atomic mass is 15.1. The van der Waals surface area contributed by atoms with Crippen LogP contribution >= 0.6 is 0 Å². The van der Waals surface area contributed by atoms with E-state index in [0.29, 0.717) is 5.92 Å². The third-order valence-electron chi connectivity index (χ3n) is 7.14. The Morgan fingerprint density at radius 3 is 2.81 bits per heavy atom. The molecule has 9 nitrogen and oxygen atoms in total. The van der Waals surface area contributed by atoms with Gasteiger partial charge in [0.05, 0.1) is 52.7 Å². The first-order valence-electron chi connectivity index (χ1n) is 12.4. The third-order valence-corrected chi connectivity index (χ3v) is 7.14. The van der Waals surface area contributed by atoms with Crippen LogP contribution in [0.25, 0.3) is 50.3 Å². The molecule has 9 heteroatoms. The van der Waals surface area contributed by atoms with Crippen molar-refractivity contribution in [3.8, 4) is 28.3 Å². The van der Waals surface area contributed by atoms with E-state index in [1.165, 1.54) is 19.3 Å². The van der Waals surface area contributed by atoms with E-state index in [4.69, 9.17) is 0 Å². The van der Waals surface area contributed by atoms with Gasteiger partial charge in [0, 0.05) is 40.6 Å². The topological polar surface area (TPSA) is 113 Å². The summed E-state index contributed by atoms with van der Waals surface area (Å²) in [5, 5.41) is 13.1. The van der Waals surface area contributed by atoms with Gasteiger partial charge in [0.1, 0.15) is 11.3 Å². The molecule has 6 aromatic heterocycles. The Morgan fingerprint density at radius 2 is 2.00 bits per heavy atom. The first kappa shape index (κ1) is 21.5. The normalized spacial score (nSPS) is 13.8. The van der Waals surface area contributed by atoms with Gasteiger partial charge in [-0.3, -0.25) is 15.1 Å². The zero-order valence-electron chi connectivity index (χ0n) is 20.4. The van der Waals surface area contributed by atoms with Crippen molar-refractivity contribution in [2.45, 2.75) is 26.2 Å². The van der Waals surface area contributed by atoms with Crippen molar-refractivity contribution in [3.05, 3.63) is 79.5 Å². The minimum atomic E-state index is 0.552. The fourth-order valence-corrected chi connectivity index (χ4v) is 4.89. The number of hydrogen-bond acceptors (Lipinski definition) is 6. The van der Waals surface area contributed by atoms with E-state index >= 15 is 0 Å². The van der Waals surface area contributed by atoms with Gasteiger partial charge in [-0.2, -0.15) is 5.10 Å². The average molecular weight is 488 g/mol. The fraction of sp³-hybridized carbons (Fsp3) is 0.179. The Morgan fingerprint density at radius 1 is 1.08 bits per heavy atom. The van der Waals surface area contributed by atoms with Crippen LogP contribution in [0.3, 0.4) is 0 Å². The maximum Gasteiger partial charge on any atom is 0.139 e. The lowest BCUT2D eigenvalue weighted by atomic mass is 9.83. The first-order valence-corrected chi connectivity index (χ1v) is 12.4. The average Bonchev–Trinajstić information content (AvgIpc) is 3.60. The van der Waals surface area contributed by atoms with Gasteiger partial charge in [0.15, 0.2) is 0 Å². The summed E-state index contributed by atoms with van der Waals surface area (Å²) in [4.78, 5) is 21.5. The second kappa shape index (κ2) is 8.41. The SMILES string of the molecule is C=C(Nc1cncc(-c2cc3c(-c4cc5c(-n6cnc(C)c6)ccnc5[nH]4)n[nH]c3cn2)c1)C1CCC1. The number of H-pyrrole nitrogens is 2. The minimum absolute atomic E-state index is 0.552. The Labute approximate surface area is 212 Å². The number of imidazole rings is 1. The molecule has 37 heavy (non-hydrogen) atoms. The van der Waals surface area contributed by atoms with Crippen LogP contribution in [0.1, 0.15) is 25.0 Å². The molecule has 0 spiro atoms. The van der Waals surface area contributed by atoms with Crippen molar-refractivity contribution < 1.29 is 0 Å². The van der Waals surface area contributed by atoms with Crippen molar-refractivity contribution in [1.29, 1.82) is 0 Å². The van der Waals surface area contributed by atoms with Crippen LogP contribution in [0.2, 0.25) is 0 Å². The number of aromatic amines is 2. The largest absolute Gasteiger partial charge is 0.358 e. The zero-order chi connectivity index (χ0) is 24.9. The number of aromatic nitrogens is 8. The number of fused-ring (bicyclic) bond motifs is 2. The highest BCUT2D eigenvalue weighted by molar-refractivity contribution is 5.97. The van der Waals surface area contributed by atoms with Crippen LogP contribution in [0.15, 0.2) is 73.9 Å². The van der Waals surface area contributed by atoms with Gasteiger partial charge >= 0.3 is 0 Å². The standard InChI is InChI=1S/C28H25N9/c1-16-14-37(15-32-16)26-6-7-30-28-22(26)10-24(34-28)27-21-9-23(31-13-25(21)35-36-27)19-8-20(12-29-11-19)33-17(2)18-4-3-5-18/h6-15,18,33H,2-5H2,1H3,(H,30,34)(H,35,36). The van der Waals surface area contributed by atoms with E-state index in [2.05, 4.69) is 65.2 Å². The Balaban J connectivity index is 1.26. The Bertz CT molecular complexity index is 1780. The van der Waals surface area contributed by atoms with E-state index in [-0.39, 0.29) is 0 Å². The predicted octanol–water partition coefficient (Wildman–Crippen LogP) is 5.78. The van der Waals surface area contributed by atoms with E-state index in [9.17, 15) is 0 Å². The monoisotopic (exact) mass is 487 g/mol. The third kappa shape index (κ3) is 3.76. The number of anilines is 1. The number of hydrogen-bond donors (Lipinski definition) is 3. The summed E-state index contributed by atoms with van der Waals surface area (Å²) in [5.74, 6) is 0.552. The van der Waals surface area contributed by atoms with Gasteiger partial charge in [-0.25, -0.2) is 9.97 Å². The molecule has 3 N–H and O–H groups in total. The summed E-state index contributed by atoms with van der Waals surface area (Å²) < 4.78 is 2.01. The summed E-state index contributed by atoms with van der Waals surface area (Å²) >= 11 is 0. The summed E-state index contributed by atoms with van der Waals surface area (Å²) in [5.41, 5.74) is 9.03. The Hall–Kier alpha value is -4.79. The number of nitrogens with one attached hydrogen (secondary N) is 3. The molecule has 0 saturated heterocycles. The van der Waals surface area contributed by atoms with Crippen molar-refractivity contribution in [3.63, 3.8) is 0 Å². The van der Waals surface area contributed by atoms with E-state index < -0.39 is 0 Å². The molecule has 1 aliphatic carbocycles. The number of nitrogens with zero attached hydrogens (tertiary/aromatic N) is 6. The molecule has 1 fully saturated rings. The van der Waals surface area contributed by atoms with Gasteiger partial charge in [0.2, 0.25) is 0 Å². The number of pyridine rings is 3. The molecule has 0 atom stereocenters. The van der Waals surface area contributed by atoms with Crippen LogP contribution in [0.5, 0.6) is 0 Å². The van der Waals surface area contributed by atoms with Gasteiger partial charge in [-0.05, 0) is 49.9 Å². The number of allylic oxidation sites excluding steroid dienone is 1. The molecule has 0 unspecified atom stereocenters. The Kier molecular flexibility index (Phi) is 4.88. The second-order valence-corrected chi connectivity index (χ2v) is 9.63. The molecular weight excluding hydrogens is 462 g/mol. The smallest absolute Gasteiger partial charge is 0.139 e. The number of aryl methyl sites for hydroxylation is 1. The lowest BCUT2D eigenvalue weighted by molar-refractivity contribution is 0.371.